The first-order valence-electron chi connectivity index (χ1n) is 8.20. The summed E-state index contributed by atoms with van der Waals surface area (Å²) in [6.07, 6.45) is 0. The molecule has 0 saturated carbocycles. The predicted octanol–water partition coefficient (Wildman–Crippen LogP) is 4.02. The summed E-state index contributed by atoms with van der Waals surface area (Å²) in [5.74, 6) is -0.543. The highest BCUT2D eigenvalue weighted by atomic mass is 35.5. The van der Waals surface area contributed by atoms with E-state index in [2.05, 4.69) is 5.32 Å². The molecule has 0 spiro atoms. The predicted molar refractivity (Wildman–Crippen MR) is 97.3 cm³/mol. The molecule has 0 aliphatic rings. The fourth-order valence-electron chi connectivity index (χ4n) is 2.25. The lowest BCUT2D eigenvalue weighted by atomic mass is 10.1. The van der Waals surface area contributed by atoms with Gasteiger partial charge in [0.2, 0.25) is 0 Å². The van der Waals surface area contributed by atoms with E-state index in [4.69, 9.17) is 26.2 Å². The van der Waals surface area contributed by atoms with E-state index >= 15 is 0 Å². The van der Waals surface area contributed by atoms with Crippen molar-refractivity contribution in [2.75, 3.05) is 6.61 Å². The summed E-state index contributed by atoms with van der Waals surface area (Å²) in [6.45, 7) is 4.10. The maximum atomic E-state index is 13.7. The third kappa shape index (κ3) is 5.34. The van der Waals surface area contributed by atoms with Gasteiger partial charge in [0.05, 0.1) is 11.6 Å². The van der Waals surface area contributed by atoms with E-state index in [9.17, 15) is 9.18 Å². The van der Waals surface area contributed by atoms with Crippen LogP contribution in [0.25, 0.3) is 0 Å². The van der Waals surface area contributed by atoms with Crippen LogP contribution in [-0.4, -0.2) is 23.7 Å². The van der Waals surface area contributed by atoms with Crippen LogP contribution in [0.4, 0.5) is 4.39 Å². The zero-order valence-corrected chi connectivity index (χ0v) is 15.3. The zero-order chi connectivity index (χ0) is 19.1. The molecule has 2 N–H and O–H groups in total. The summed E-state index contributed by atoms with van der Waals surface area (Å²) in [6, 6.07) is 9.04. The molecule has 0 amide bonds. The van der Waals surface area contributed by atoms with Gasteiger partial charge in [0.25, 0.3) is 0 Å². The highest BCUT2D eigenvalue weighted by molar-refractivity contribution is 6.32. The Hall–Kier alpha value is -2.31. The van der Waals surface area contributed by atoms with E-state index in [0.29, 0.717) is 35.2 Å². The maximum Gasteiger partial charge on any atom is 0.320 e. The number of carboxylic acid groups (broad SMARTS) is 1. The first-order chi connectivity index (χ1) is 12.4. The van der Waals surface area contributed by atoms with Crippen molar-refractivity contribution < 1.29 is 23.8 Å². The van der Waals surface area contributed by atoms with Crippen LogP contribution in [0.5, 0.6) is 11.5 Å². The molecular formula is C19H21ClFNO4. The Morgan fingerprint density at radius 2 is 2.04 bits per heavy atom. The molecule has 2 aromatic carbocycles. The van der Waals surface area contributed by atoms with E-state index in [-0.39, 0.29) is 12.4 Å². The summed E-state index contributed by atoms with van der Waals surface area (Å²) in [4.78, 5) is 10.9. The minimum Gasteiger partial charge on any atom is -0.490 e. The molecule has 1 atom stereocenters. The second kappa shape index (κ2) is 9.40. The Labute approximate surface area is 156 Å². The highest BCUT2D eigenvalue weighted by Gasteiger charge is 2.15. The van der Waals surface area contributed by atoms with Gasteiger partial charge in [-0.3, -0.25) is 4.79 Å². The molecule has 0 heterocycles. The Bertz CT molecular complexity index is 769. The van der Waals surface area contributed by atoms with Crippen molar-refractivity contribution in [3.05, 3.63) is 58.4 Å². The summed E-state index contributed by atoms with van der Waals surface area (Å²) >= 11 is 6.31. The number of ether oxygens (including phenoxy) is 2. The van der Waals surface area contributed by atoms with E-state index in [1.54, 1.807) is 37.3 Å². The van der Waals surface area contributed by atoms with E-state index < -0.39 is 12.0 Å². The number of hydrogen-bond acceptors (Lipinski definition) is 4. The van der Waals surface area contributed by atoms with E-state index in [1.165, 1.54) is 6.07 Å². The van der Waals surface area contributed by atoms with Gasteiger partial charge in [-0.2, -0.15) is 0 Å². The lowest BCUT2D eigenvalue weighted by Gasteiger charge is -2.16. The van der Waals surface area contributed by atoms with E-state index in [1.807, 2.05) is 6.92 Å². The average molecular weight is 382 g/mol. The van der Waals surface area contributed by atoms with Crippen LogP contribution in [0.15, 0.2) is 36.4 Å². The van der Waals surface area contributed by atoms with Crippen molar-refractivity contribution in [3.63, 3.8) is 0 Å². The van der Waals surface area contributed by atoms with Crippen molar-refractivity contribution >= 4 is 17.6 Å². The normalized spacial score (nSPS) is 11.8. The number of hydrogen-bond donors (Lipinski definition) is 2. The standard InChI is InChI=1S/C19H21ClFNO4/c1-3-25-17-9-13(10-22-12(2)19(23)24)8-15(20)18(17)26-11-14-6-4-5-7-16(14)21/h4-9,12,22H,3,10-11H2,1-2H3,(H,23,24). The Kier molecular flexibility index (Phi) is 7.24. The number of carbonyl (C=O) groups is 1. The highest BCUT2D eigenvalue weighted by Crippen LogP contribution is 2.37. The fourth-order valence-corrected chi connectivity index (χ4v) is 2.54. The molecule has 5 nitrogen and oxygen atoms in total. The fraction of sp³-hybridized carbons (Fsp3) is 0.316. The van der Waals surface area contributed by atoms with Crippen LogP contribution in [0, 0.1) is 5.82 Å². The molecule has 0 radical (unpaired) electrons. The third-order valence-corrected chi connectivity index (χ3v) is 3.96. The first kappa shape index (κ1) is 20.0. The molecule has 26 heavy (non-hydrogen) atoms. The van der Waals surface area contributed by atoms with Gasteiger partial charge in [0.15, 0.2) is 11.5 Å². The average Bonchev–Trinajstić information content (AvgIpc) is 2.60. The molecule has 0 aliphatic carbocycles. The lowest BCUT2D eigenvalue weighted by Crippen LogP contribution is -2.33. The van der Waals surface area contributed by atoms with Gasteiger partial charge < -0.3 is 19.9 Å². The first-order valence-corrected chi connectivity index (χ1v) is 8.57. The number of halogens is 2. The Balaban J connectivity index is 2.17. The Morgan fingerprint density at radius 1 is 1.31 bits per heavy atom. The minimum absolute atomic E-state index is 0.0140. The van der Waals surface area contributed by atoms with Crippen molar-refractivity contribution in [2.45, 2.75) is 33.0 Å². The van der Waals surface area contributed by atoms with Gasteiger partial charge in [-0.05, 0) is 37.6 Å². The largest absolute Gasteiger partial charge is 0.490 e. The monoisotopic (exact) mass is 381 g/mol. The molecule has 140 valence electrons. The third-order valence-electron chi connectivity index (χ3n) is 3.68. The molecule has 0 fully saturated rings. The summed E-state index contributed by atoms with van der Waals surface area (Å²) < 4.78 is 25.0. The van der Waals surface area contributed by atoms with Crippen LogP contribution in [-0.2, 0) is 17.9 Å². The van der Waals surface area contributed by atoms with Crippen molar-refractivity contribution in [3.8, 4) is 11.5 Å². The molecule has 0 aliphatic heterocycles. The quantitative estimate of drug-likeness (QED) is 0.686. The summed E-state index contributed by atoms with van der Waals surface area (Å²) in [7, 11) is 0. The number of nitrogens with one attached hydrogen (secondary N) is 1. The minimum atomic E-state index is -0.939. The van der Waals surface area contributed by atoms with Crippen LogP contribution in [0.1, 0.15) is 25.0 Å². The molecule has 0 aromatic heterocycles. The smallest absolute Gasteiger partial charge is 0.320 e. The SMILES string of the molecule is CCOc1cc(CNC(C)C(=O)O)cc(Cl)c1OCc1ccccc1F. The van der Waals surface area contributed by atoms with Gasteiger partial charge in [0, 0.05) is 12.1 Å². The van der Waals surface area contributed by atoms with Crippen LogP contribution < -0.4 is 14.8 Å². The topological polar surface area (TPSA) is 67.8 Å². The molecule has 2 rings (SSSR count). The molecule has 1 unspecified atom stereocenters. The summed E-state index contributed by atoms with van der Waals surface area (Å²) in [5.41, 5.74) is 1.16. The van der Waals surface area contributed by atoms with Crippen molar-refractivity contribution in [2.24, 2.45) is 0 Å². The Morgan fingerprint density at radius 3 is 2.69 bits per heavy atom. The molecule has 0 bridgehead atoms. The molecule has 7 heteroatoms. The van der Waals surface area contributed by atoms with Gasteiger partial charge in [-0.15, -0.1) is 0 Å². The molecular weight excluding hydrogens is 361 g/mol. The number of carboxylic acids is 1. The van der Waals surface area contributed by atoms with Crippen molar-refractivity contribution in [1.82, 2.24) is 5.32 Å². The van der Waals surface area contributed by atoms with Gasteiger partial charge >= 0.3 is 5.97 Å². The van der Waals surface area contributed by atoms with Crippen molar-refractivity contribution in [1.29, 1.82) is 0 Å². The number of rotatable bonds is 9. The lowest BCUT2D eigenvalue weighted by molar-refractivity contribution is -0.139. The van der Waals surface area contributed by atoms with Gasteiger partial charge in [-0.25, -0.2) is 4.39 Å². The van der Waals surface area contributed by atoms with Crippen LogP contribution >= 0.6 is 11.6 Å². The van der Waals surface area contributed by atoms with Crippen LogP contribution in [0.2, 0.25) is 5.02 Å². The second-order valence-corrected chi connectivity index (χ2v) is 6.07. The summed E-state index contributed by atoms with van der Waals surface area (Å²) in [5, 5.41) is 12.1. The second-order valence-electron chi connectivity index (χ2n) is 5.66. The van der Waals surface area contributed by atoms with E-state index in [0.717, 1.165) is 5.56 Å². The van der Waals surface area contributed by atoms with Crippen LogP contribution in [0.3, 0.4) is 0 Å². The maximum absolute atomic E-state index is 13.7. The zero-order valence-electron chi connectivity index (χ0n) is 14.6. The number of aliphatic carboxylic acids is 1. The molecule has 0 saturated heterocycles. The number of benzene rings is 2. The van der Waals surface area contributed by atoms with Gasteiger partial charge in [-0.1, -0.05) is 29.8 Å². The molecule has 2 aromatic rings. The van der Waals surface area contributed by atoms with Gasteiger partial charge in [0.1, 0.15) is 18.5 Å².